The molecule has 2 N–H and O–H groups in total. The fraction of sp³-hybridized carbons (Fsp3) is 0.143. The van der Waals surface area contributed by atoms with Gasteiger partial charge in [0.05, 0.1) is 0 Å². The Kier molecular flexibility index (Phi) is 3.78. The predicted molar refractivity (Wildman–Crippen MR) is 76.8 cm³/mol. The van der Waals surface area contributed by atoms with Crippen molar-refractivity contribution < 1.29 is 14.0 Å². The van der Waals surface area contributed by atoms with Crippen LogP contribution in [-0.4, -0.2) is 16.1 Å². The molecule has 0 spiro atoms. The first-order valence-electron chi connectivity index (χ1n) is 6.35. The van der Waals surface area contributed by atoms with E-state index in [0.29, 0.717) is 4.90 Å². The van der Waals surface area contributed by atoms with Gasteiger partial charge in [-0.3, -0.25) is 0 Å². The molecule has 1 atom stereocenters. The number of para-hydroxylation sites is 1. The Morgan fingerprint density at radius 2 is 2.14 bits per heavy atom. The van der Waals surface area contributed by atoms with Gasteiger partial charge in [-0.25, -0.2) is 0 Å². The van der Waals surface area contributed by atoms with Crippen molar-refractivity contribution in [1.29, 1.82) is 0 Å². The van der Waals surface area contributed by atoms with Crippen molar-refractivity contribution in [2.24, 2.45) is 0 Å². The first-order chi connectivity index (χ1) is 10.2. The van der Waals surface area contributed by atoms with Crippen LogP contribution in [0.5, 0.6) is 0 Å². The third-order valence-electron chi connectivity index (χ3n) is 3.34. The standard InChI is InChI=1S/C14H13N3O3S/c18-14(16-19)8-12-11-6-7-15-9-13(11)21(20)17(12)10-4-2-1-3-5-10/h1-7,9,12,19H,8H2,(H,16,18). The number of carbonyl (C=O) groups is 1. The maximum atomic E-state index is 12.7. The molecule has 1 aliphatic rings. The van der Waals surface area contributed by atoms with Gasteiger partial charge in [-0.2, -0.15) is 0 Å². The number of hydrogen-bond donors (Lipinski definition) is 2. The zero-order chi connectivity index (χ0) is 14.8. The van der Waals surface area contributed by atoms with E-state index < -0.39 is 22.8 Å². The van der Waals surface area contributed by atoms with E-state index in [1.165, 1.54) is 0 Å². The number of nitrogens with zero attached hydrogens (tertiary/aromatic N) is 2. The number of nitrogens with one attached hydrogen (secondary N) is 1. The van der Waals surface area contributed by atoms with Crippen LogP contribution in [0.4, 0.5) is 5.69 Å². The molecule has 1 aromatic carbocycles. The molecule has 7 heteroatoms. The van der Waals surface area contributed by atoms with Crippen molar-refractivity contribution in [3.05, 3.63) is 54.4 Å². The van der Waals surface area contributed by atoms with Crippen LogP contribution in [0.2, 0.25) is 0 Å². The Morgan fingerprint density at radius 1 is 1.38 bits per heavy atom. The van der Waals surface area contributed by atoms with Crippen LogP contribution >= 0.6 is 0 Å². The maximum absolute atomic E-state index is 12.7. The van der Waals surface area contributed by atoms with Gasteiger partial charge in [0.15, 0.2) is 0 Å². The quantitative estimate of drug-likeness (QED) is 0.392. The Balaban J connectivity index is 2.07. The van der Waals surface area contributed by atoms with E-state index in [0.717, 1.165) is 11.3 Å². The van der Waals surface area contributed by atoms with Crippen LogP contribution in [-0.2, 0) is 19.7 Å². The number of fused-ring (bicyclic) bond motifs is 1. The van der Waals surface area contributed by atoms with E-state index in [9.17, 15) is 8.84 Å². The summed E-state index contributed by atoms with van der Waals surface area (Å²) in [5.41, 5.74) is 3.17. The van der Waals surface area contributed by atoms with Gasteiger partial charge in [-0.15, -0.1) is 0 Å². The summed E-state index contributed by atoms with van der Waals surface area (Å²) in [6.45, 7) is 0. The Morgan fingerprint density at radius 3 is 2.86 bits per heavy atom. The number of aromatic nitrogens is 1. The van der Waals surface area contributed by atoms with Crippen molar-refractivity contribution >= 4 is 22.4 Å². The molecule has 6 nitrogen and oxygen atoms in total. The topological polar surface area (TPSA) is 85.4 Å². The average molecular weight is 303 g/mol. The van der Waals surface area contributed by atoms with E-state index in [4.69, 9.17) is 5.21 Å². The van der Waals surface area contributed by atoms with Gasteiger partial charge in [0.25, 0.3) is 0 Å². The van der Waals surface area contributed by atoms with Gasteiger partial charge in [0, 0.05) is 0 Å². The monoisotopic (exact) mass is 303 g/mol. The van der Waals surface area contributed by atoms with E-state index >= 15 is 0 Å². The number of benzene rings is 1. The number of rotatable bonds is 3. The van der Waals surface area contributed by atoms with Crippen LogP contribution in [0.15, 0.2) is 53.7 Å². The van der Waals surface area contributed by atoms with Gasteiger partial charge in [0.1, 0.15) is 0 Å². The molecule has 108 valence electrons. The molecule has 0 saturated carbocycles. The fourth-order valence-corrected chi connectivity index (χ4v) is 3.93. The van der Waals surface area contributed by atoms with E-state index in [1.54, 1.807) is 28.2 Å². The molecule has 1 unspecified atom stereocenters. The predicted octanol–water partition coefficient (Wildman–Crippen LogP) is 1.78. The second-order valence-corrected chi connectivity index (χ2v) is 5.91. The number of anilines is 1. The van der Waals surface area contributed by atoms with Gasteiger partial charge in [-0.1, -0.05) is 0 Å². The summed E-state index contributed by atoms with van der Waals surface area (Å²) in [7, 11) is -1.43. The SMILES string of the molecule is O=C(CC1c2ccncc2[S-](#[O+])N1c1ccccc1)NO. The number of carbonyl (C=O) groups excluding carboxylic acids is 1. The molecule has 1 aromatic heterocycles. The van der Waals surface area contributed by atoms with Crippen LogP contribution in [0.1, 0.15) is 18.0 Å². The molecule has 0 fully saturated rings. The minimum absolute atomic E-state index is 0.00808. The van der Waals surface area contributed by atoms with Crippen LogP contribution in [0.25, 0.3) is 0 Å². The average Bonchev–Trinajstić information content (AvgIpc) is 2.81. The third kappa shape index (κ3) is 2.46. The molecule has 21 heavy (non-hydrogen) atoms. The number of hydrogen-bond acceptors (Lipinski definition) is 5. The molecular formula is C14H13N3O3S. The van der Waals surface area contributed by atoms with Gasteiger partial charge in [0.2, 0.25) is 0 Å². The minimum atomic E-state index is -1.43. The van der Waals surface area contributed by atoms with Crippen molar-refractivity contribution in [2.75, 3.05) is 4.31 Å². The third-order valence-corrected chi connectivity index (χ3v) is 4.88. The molecule has 0 saturated heterocycles. The number of amides is 1. The summed E-state index contributed by atoms with van der Waals surface area (Å²) in [5.74, 6) is -0.525. The molecule has 2 aromatic rings. The fourth-order valence-electron chi connectivity index (χ4n) is 2.42. The van der Waals surface area contributed by atoms with Crippen molar-refractivity contribution in [3.63, 3.8) is 0 Å². The zero-order valence-electron chi connectivity index (χ0n) is 11.0. The van der Waals surface area contributed by atoms with Crippen molar-refractivity contribution in [3.8, 4) is 0 Å². The molecule has 0 radical (unpaired) electrons. The molecular weight excluding hydrogens is 290 g/mol. The summed E-state index contributed by atoms with van der Waals surface area (Å²) in [6, 6.07) is 10.6. The molecule has 1 aliphatic heterocycles. The van der Waals surface area contributed by atoms with Gasteiger partial charge in [-0.05, 0) is 0 Å². The zero-order valence-corrected chi connectivity index (χ0v) is 11.8. The summed E-state index contributed by atoms with van der Waals surface area (Å²) in [5, 5.41) is 8.76. The van der Waals surface area contributed by atoms with Crippen LogP contribution in [0, 0.1) is 0 Å². The van der Waals surface area contributed by atoms with Crippen LogP contribution < -0.4 is 9.79 Å². The second-order valence-electron chi connectivity index (χ2n) is 4.58. The van der Waals surface area contributed by atoms with E-state index in [2.05, 4.69) is 4.98 Å². The van der Waals surface area contributed by atoms with Crippen molar-refractivity contribution in [1.82, 2.24) is 10.5 Å². The van der Waals surface area contributed by atoms with Gasteiger partial charge >= 0.3 is 123 Å². The summed E-state index contributed by atoms with van der Waals surface area (Å²) >= 11 is 0. The van der Waals surface area contributed by atoms with Crippen LogP contribution in [0.3, 0.4) is 0 Å². The number of pyridine rings is 1. The normalized spacial score (nSPS) is 17.5. The summed E-state index contributed by atoms with van der Waals surface area (Å²) < 4.78 is 14.3. The summed E-state index contributed by atoms with van der Waals surface area (Å²) in [4.78, 5) is 16.2. The first kappa shape index (κ1) is 13.9. The Bertz CT molecular complexity index is 742. The van der Waals surface area contributed by atoms with Gasteiger partial charge < -0.3 is 0 Å². The molecule has 1 amide bonds. The molecule has 3 rings (SSSR count). The van der Waals surface area contributed by atoms with E-state index in [-0.39, 0.29) is 6.42 Å². The molecule has 0 aliphatic carbocycles. The van der Waals surface area contributed by atoms with E-state index in [1.807, 2.05) is 30.3 Å². The Labute approximate surface area is 123 Å². The summed E-state index contributed by atoms with van der Waals surface area (Å²) in [6.07, 6.45) is 3.17. The number of hydroxylamine groups is 1. The molecule has 2 heterocycles. The van der Waals surface area contributed by atoms with Crippen molar-refractivity contribution in [2.45, 2.75) is 17.4 Å². The first-order valence-corrected chi connectivity index (χ1v) is 7.46. The Hall–Kier alpha value is -2.09. The second kappa shape index (κ2) is 5.72. The molecule has 0 bridgehead atoms.